The van der Waals surface area contributed by atoms with E-state index >= 15 is 0 Å². The number of aromatic nitrogens is 3. The van der Waals surface area contributed by atoms with Crippen molar-refractivity contribution in [2.75, 3.05) is 0 Å². The van der Waals surface area contributed by atoms with Crippen LogP contribution in [0.4, 0.5) is 0 Å². The fourth-order valence-electron chi connectivity index (χ4n) is 1.04. The van der Waals surface area contributed by atoms with E-state index in [4.69, 9.17) is 9.52 Å². The van der Waals surface area contributed by atoms with Gasteiger partial charge in [-0.3, -0.25) is 0 Å². The van der Waals surface area contributed by atoms with Crippen molar-refractivity contribution in [1.82, 2.24) is 15.0 Å². The van der Waals surface area contributed by atoms with Gasteiger partial charge in [-0.2, -0.15) is 0 Å². The minimum Gasteiger partial charge on any atom is -0.478 e. The molecule has 0 saturated heterocycles. The first kappa shape index (κ1) is 9.32. The molecular formula is C9H7N3O3. The Balaban J connectivity index is 2.35. The Morgan fingerprint density at radius 2 is 2.07 bits per heavy atom. The highest BCUT2D eigenvalue weighted by molar-refractivity contribution is 5.86. The zero-order chi connectivity index (χ0) is 10.8. The third-order valence-corrected chi connectivity index (χ3v) is 1.75. The lowest BCUT2D eigenvalue weighted by Gasteiger charge is -1.94. The van der Waals surface area contributed by atoms with Crippen molar-refractivity contribution in [2.45, 2.75) is 6.92 Å². The van der Waals surface area contributed by atoms with Crippen molar-refractivity contribution < 1.29 is 14.3 Å². The molecule has 0 aliphatic heterocycles. The maximum Gasteiger partial charge on any atom is 0.338 e. The average molecular weight is 205 g/mol. The molecule has 2 aromatic rings. The summed E-state index contributed by atoms with van der Waals surface area (Å²) >= 11 is 0. The van der Waals surface area contributed by atoms with E-state index in [1.165, 1.54) is 18.7 Å². The molecule has 6 nitrogen and oxygen atoms in total. The molecule has 0 atom stereocenters. The standard InChI is InChI=1S/C9H7N3O3/c1-5-12-7(4-15-5)8-10-2-6(3-11-8)9(13)14/h2-4H,1H3,(H,13,14). The van der Waals surface area contributed by atoms with Crippen LogP contribution in [0.5, 0.6) is 0 Å². The molecule has 0 radical (unpaired) electrons. The van der Waals surface area contributed by atoms with Gasteiger partial charge in [-0.15, -0.1) is 0 Å². The molecule has 2 heterocycles. The third-order valence-electron chi connectivity index (χ3n) is 1.75. The van der Waals surface area contributed by atoms with Crippen molar-refractivity contribution in [3.63, 3.8) is 0 Å². The molecule has 0 fully saturated rings. The summed E-state index contributed by atoms with van der Waals surface area (Å²) in [6, 6.07) is 0. The lowest BCUT2D eigenvalue weighted by Crippen LogP contribution is -1.99. The van der Waals surface area contributed by atoms with E-state index in [0.717, 1.165) is 0 Å². The largest absolute Gasteiger partial charge is 0.478 e. The Morgan fingerprint density at radius 1 is 1.40 bits per heavy atom. The smallest absolute Gasteiger partial charge is 0.338 e. The number of carbonyl (C=O) groups is 1. The van der Waals surface area contributed by atoms with Gasteiger partial charge < -0.3 is 9.52 Å². The fourth-order valence-corrected chi connectivity index (χ4v) is 1.04. The summed E-state index contributed by atoms with van der Waals surface area (Å²) in [6.45, 7) is 1.70. The predicted octanol–water partition coefficient (Wildman–Crippen LogP) is 1.14. The van der Waals surface area contributed by atoms with Crippen molar-refractivity contribution in [2.24, 2.45) is 0 Å². The SMILES string of the molecule is Cc1nc(-c2ncc(C(=O)O)cn2)co1. The molecule has 2 rings (SSSR count). The van der Waals surface area contributed by atoms with Gasteiger partial charge in [0, 0.05) is 19.3 Å². The van der Waals surface area contributed by atoms with Crippen molar-refractivity contribution in [3.05, 3.63) is 30.1 Å². The first-order chi connectivity index (χ1) is 7.16. The maximum atomic E-state index is 10.5. The number of carboxylic acids is 1. The Morgan fingerprint density at radius 3 is 2.53 bits per heavy atom. The van der Waals surface area contributed by atoms with Crippen LogP contribution in [-0.2, 0) is 0 Å². The van der Waals surface area contributed by atoms with E-state index in [1.54, 1.807) is 6.92 Å². The lowest BCUT2D eigenvalue weighted by atomic mass is 10.3. The van der Waals surface area contributed by atoms with Gasteiger partial charge in [0.2, 0.25) is 0 Å². The van der Waals surface area contributed by atoms with Gasteiger partial charge in [-0.05, 0) is 0 Å². The Kier molecular flexibility index (Phi) is 2.17. The monoisotopic (exact) mass is 205 g/mol. The quantitative estimate of drug-likeness (QED) is 0.790. The van der Waals surface area contributed by atoms with E-state index in [-0.39, 0.29) is 5.56 Å². The molecule has 0 aliphatic rings. The zero-order valence-corrected chi connectivity index (χ0v) is 7.84. The average Bonchev–Trinajstić information content (AvgIpc) is 2.65. The molecule has 1 N–H and O–H groups in total. The second-order valence-corrected chi connectivity index (χ2v) is 2.85. The van der Waals surface area contributed by atoms with E-state index < -0.39 is 5.97 Å². The number of hydrogen-bond donors (Lipinski definition) is 1. The molecule has 6 heteroatoms. The third kappa shape index (κ3) is 1.83. The number of hydrogen-bond acceptors (Lipinski definition) is 5. The van der Waals surface area contributed by atoms with E-state index in [0.29, 0.717) is 17.4 Å². The molecule has 0 amide bonds. The van der Waals surface area contributed by atoms with Crippen LogP contribution in [0.15, 0.2) is 23.1 Å². The Hall–Kier alpha value is -2.24. The number of aryl methyl sites for hydroxylation is 1. The Labute approximate surface area is 84.6 Å². The maximum absolute atomic E-state index is 10.5. The Bertz CT molecular complexity index is 490. The van der Waals surface area contributed by atoms with Crippen LogP contribution in [0.25, 0.3) is 11.5 Å². The highest BCUT2D eigenvalue weighted by atomic mass is 16.4. The van der Waals surface area contributed by atoms with E-state index in [1.807, 2.05) is 0 Å². The zero-order valence-electron chi connectivity index (χ0n) is 7.84. The number of rotatable bonds is 2. The number of nitrogens with zero attached hydrogens (tertiary/aromatic N) is 3. The van der Waals surface area contributed by atoms with Crippen LogP contribution in [-0.4, -0.2) is 26.0 Å². The highest BCUT2D eigenvalue weighted by Gasteiger charge is 2.08. The number of carboxylic acid groups (broad SMARTS) is 1. The van der Waals surface area contributed by atoms with E-state index in [9.17, 15) is 4.79 Å². The van der Waals surface area contributed by atoms with Crippen molar-refractivity contribution in [1.29, 1.82) is 0 Å². The molecule has 0 bridgehead atoms. The van der Waals surface area contributed by atoms with Crippen molar-refractivity contribution in [3.8, 4) is 11.5 Å². The van der Waals surface area contributed by atoms with Gasteiger partial charge >= 0.3 is 5.97 Å². The number of oxazole rings is 1. The molecule has 0 aliphatic carbocycles. The fraction of sp³-hybridized carbons (Fsp3) is 0.111. The van der Waals surface area contributed by atoms with Crippen LogP contribution in [0, 0.1) is 6.92 Å². The summed E-state index contributed by atoms with van der Waals surface area (Å²) in [6.07, 6.45) is 3.88. The van der Waals surface area contributed by atoms with Gasteiger partial charge in [-0.1, -0.05) is 0 Å². The molecule has 15 heavy (non-hydrogen) atoms. The molecule has 0 aromatic carbocycles. The summed E-state index contributed by atoms with van der Waals surface area (Å²) in [5, 5.41) is 8.64. The van der Waals surface area contributed by atoms with Gasteiger partial charge in [0.15, 0.2) is 11.7 Å². The highest BCUT2D eigenvalue weighted by Crippen LogP contribution is 2.12. The van der Waals surface area contributed by atoms with Gasteiger partial charge in [-0.25, -0.2) is 19.7 Å². The summed E-state index contributed by atoms with van der Waals surface area (Å²) in [4.78, 5) is 22.3. The minimum atomic E-state index is -1.06. The summed E-state index contributed by atoms with van der Waals surface area (Å²) in [7, 11) is 0. The normalized spacial score (nSPS) is 10.2. The lowest BCUT2D eigenvalue weighted by molar-refractivity contribution is 0.0696. The predicted molar refractivity (Wildman–Crippen MR) is 49.2 cm³/mol. The van der Waals surface area contributed by atoms with Crippen LogP contribution >= 0.6 is 0 Å². The summed E-state index contributed by atoms with van der Waals surface area (Å²) in [5.41, 5.74) is 0.531. The van der Waals surface area contributed by atoms with Crippen LogP contribution in [0.1, 0.15) is 16.2 Å². The van der Waals surface area contributed by atoms with Gasteiger partial charge in [0.05, 0.1) is 5.56 Å². The topological polar surface area (TPSA) is 89.1 Å². The van der Waals surface area contributed by atoms with Gasteiger partial charge in [0.25, 0.3) is 0 Å². The molecule has 0 unspecified atom stereocenters. The summed E-state index contributed by atoms with van der Waals surface area (Å²) in [5.74, 6) is -0.203. The number of aromatic carboxylic acids is 1. The molecule has 76 valence electrons. The van der Waals surface area contributed by atoms with Crippen molar-refractivity contribution >= 4 is 5.97 Å². The molecule has 0 saturated carbocycles. The second-order valence-electron chi connectivity index (χ2n) is 2.85. The summed E-state index contributed by atoms with van der Waals surface area (Å²) < 4.78 is 4.99. The molecule has 2 aromatic heterocycles. The second kappa shape index (κ2) is 3.49. The molecular weight excluding hydrogens is 198 g/mol. The van der Waals surface area contributed by atoms with Crippen LogP contribution in [0.3, 0.4) is 0 Å². The van der Waals surface area contributed by atoms with E-state index in [2.05, 4.69) is 15.0 Å². The van der Waals surface area contributed by atoms with Crippen LogP contribution < -0.4 is 0 Å². The van der Waals surface area contributed by atoms with Gasteiger partial charge in [0.1, 0.15) is 12.0 Å². The minimum absolute atomic E-state index is 0.0407. The molecule has 0 spiro atoms. The first-order valence-corrected chi connectivity index (χ1v) is 4.14. The first-order valence-electron chi connectivity index (χ1n) is 4.14. The van der Waals surface area contributed by atoms with Crippen LogP contribution in [0.2, 0.25) is 0 Å².